The van der Waals surface area contributed by atoms with Crippen molar-refractivity contribution in [2.75, 3.05) is 7.11 Å². The molecule has 0 spiro atoms. The van der Waals surface area contributed by atoms with Gasteiger partial charge >= 0.3 is 0 Å². The van der Waals surface area contributed by atoms with Gasteiger partial charge in [0.05, 0.1) is 17.0 Å². The number of methoxy groups -OCH3 is 1. The molecule has 0 saturated heterocycles. The standard InChI is InChI=1S/C19H18BrN3O2.C12H13BrN2.C7H7NO3/c20-13-6-9-17-16(10-13)15-2-1-3-18(19(15)22-17)21-11-12-4-7-14(8-5-12)23(24)25;13-7-4-5-11-9(6-7)8-2-1-3-10(14)12(8)15-11;1-11-7-4-2-6(3-5-7)8(9)10/h4-10,18,21-22H,1-3,11H2;4-6,10,15H,1-3,14H2;2-5H,1H3/t18-;10-;/m11./s1. The van der Waals surface area contributed by atoms with E-state index >= 15 is 0 Å². The van der Waals surface area contributed by atoms with E-state index in [9.17, 15) is 20.2 Å². The predicted octanol–water partition coefficient (Wildman–Crippen LogP) is 9.88. The molecule has 2 aromatic heterocycles. The largest absolute Gasteiger partial charge is 0.497 e. The average molecular weight is 819 g/mol. The molecule has 0 aliphatic heterocycles. The van der Waals surface area contributed by atoms with Crippen LogP contribution in [0.5, 0.6) is 5.75 Å². The zero-order valence-electron chi connectivity index (χ0n) is 28.0. The molecule has 11 nitrogen and oxygen atoms in total. The number of hydrogen-bond donors (Lipinski definition) is 4. The van der Waals surface area contributed by atoms with Crippen LogP contribution in [-0.2, 0) is 19.4 Å². The number of fused-ring (bicyclic) bond motifs is 6. The van der Waals surface area contributed by atoms with Crippen molar-refractivity contribution in [1.29, 1.82) is 0 Å². The van der Waals surface area contributed by atoms with Gasteiger partial charge in [-0.15, -0.1) is 0 Å². The first-order valence-corrected chi connectivity index (χ1v) is 18.3. The Morgan fingerprint density at radius 1 is 0.765 bits per heavy atom. The van der Waals surface area contributed by atoms with Gasteiger partial charge in [-0.05, 0) is 104 Å². The summed E-state index contributed by atoms with van der Waals surface area (Å²) in [6.07, 6.45) is 6.80. The maximum atomic E-state index is 10.7. The van der Waals surface area contributed by atoms with Crippen molar-refractivity contribution in [3.8, 4) is 5.75 Å². The molecule has 0 saturated carbocycles. The summed E-state index contributed by atoms with van der Waals surface area (Å²) in [5.41, 5.74) is 15.1. The second-order valence-corrected chi connectivity index (χ2v) is 14.4. The summed E-state index contributed by atoms with van der Waals surface area (Å²) in [7, 11) is 1.52. The highest BCUT2D eigenvalue weighted by Crippen LogP contribution is 2.36. The van der Waals surface area contributed by atoms with Crippen LogP contribution in [0.15, 0.2) is 93.9 Å². The summed E-state index contributed by atoms with van der Waals surface area (Å²) in [6.45, 7) is 0.696. The Labute approximate surface area is 311 Å². The van der Waals surface area contributed by atoms with Crippen LogP contribution in [0.4, 0.5) is 11.4 Å². The first-order valence-electron chi connectivity index (χ1n) is 16.7. The SMILES string of the molecule is COc1ccc([N+](=O)[O-])cc1.N[C@@H]1CCCc2c1[nH]c1ccc(Br)cc21.O=[N+]([O-])c1ccc(CN[C@@H]2CCCc3c2[nH]c2ccc(Br)cc32)cc1. The number of benzene rings is 4. The average Bonchev–Trinajstić information content (AvgIpc) is 3.70. The fourth-order valence-corrected chi connectivity index (χ4v) is 7.51. The van der Waals surface area contributed by atoms with Gasteiger partial charge in [-0.3, -0.25) is 20.2 Å². The van der Waals surface area contributed by atoms with Crippen molar-refractivity contribution in [2.24, 2.45) is 5.73 Å². The van der Waals surface area contributed by atoms with Crippen LogP contribution in [0.25, 0.3) is 21.8 Å². The van der Waals surface area contributed by atoms with E-state index in [1.165, 1.54) is 70.0 Å². The second-order valence-electron chi connectivity index (χ2n) is 12.6. The molecule has 0 amide bonds. The van der Waals surface area contributed by atoms with Gasteiger partial charge in [0, 0.05) is 85.0 Å². The molecule has 2 aliphatic rings. The van der Waals surface area contributed by atoms with Gasteiger partial charge < -0.3 is 25.8 Å². The van der Waals surface area contributed by atoms with Gasteiger partial charge in [-0.25, -0.2) is 0 Å². The molecule has 0 radical (unpaired) electrons. The maximum absolute atomic E-state index is 10.7. The fraction of sp³-hybridized carbons (Fsp3) is 0.263. The summed E-state index contributed by atoms with van der Waals surface area (Å²) >= 11 is 7.07. The number of aromatic nitrogens is 2. The molecule has 6 aromatic rings. The molecule has 2 aliphatic carbocycles. The smallest absolute Gasteiger partial charge is 0.269 e. The van der Waals surface area contributed by atoms with Crippen LogP contribution in [0.1, 0.15) is 65.8 Å². The molecule has 0 unspecified atom stereocenters. The lowest BCUT2D eigenvalue weighted by molar-refractivity contribution is -0.385. The van der Waals surface area contributed by atoms with Crippen molar-refractivity contribution in [2.45, 2.75) is 57.2 Å². The summed E-state index contributed by atoms with van der Waals surface area (Å²) in [6, 6.07) is 25.9. The van der Waals surface area contributed by atoms with Crippen LogP contribution < -0.4 is 15.8 Å². The van der Waals surface area contributed by atoms with Gasteiger partial charge in [0.25, 0.3) is 11.4 Å². The minimum atomic E-state index is -0.445. The van der Waals surface area contributed by atoms with Crippen molar-refractivity contribution in [3.63, 3.8) is 0 Å². The first-order chi connectivity index (χ1) is 24.6. The number of nitro groups is 2. The highest BCUT2D eigenvalue weighted by atomic mass is 79.9. The Kier molecular flexibility index (Phi) is 11.5. The molecule has 5 N–H and O–H groups in total. The van der Waals surface area contributed by atoms with Crippen molar-refractivity contribution < 1.29 is 14.6 Å². The number of aromatic amines is 2. The Hall–Kier alpha value is -4.56. The van der Waals surface area contributed by atoms with E-state index in [0.717, 1.165) is 46.6 Å². The van der Waals surface area contributed by atoms with Crippen molar-refractivity contribution in [3.05, 3.63) is 142 Å². The summed E-state index contributed by atoms with van der Waals surface area (Å²) in [5, 5.41) is 27.1. The van der Waals surface area contributed by atoms with E-state index in [4.69, 9.17) is 10.5 Å². The van der Waals surface area contributed by atoms with Crippen LogP contribution in [0.3, 0.4) is 0 Å². The molecule has 264 valence electrons. The number of hydrogen-bond acceptors (Lipinski definition) is 7. The Bertz CT molecular complexity index is 2160. The van der Waals surface area contributed by atoms with Crippen LogP contribution in [0.2, 0.25) is 0 Å². The summed E-state index contributed by atoms with van der Waals surface area (Å²) in [5.74, 6) is 0.621. The Balaban J connectivity index is 0.000000146. The number of halogens is 2. The lowest BCUT2D eigenvalue weighted by Crippen LogP contribution is -2.24. The lowest BCUT2D eigenvalue weighted by Gasteiger charge is -2.24. The zero-order valence-corrected chi connectivity index (χ0v) is 31.1. The molecular formula is C38H38Br2N6O5. The number of ether oxygens (including phenoxy) is 1. The second kappa shape index (κ2) is 16.2. The minimum Gasteiger partial charge on any atom is -0.497 e. The minimum absolute atomic E-state index is 0.0748. The molecule has 4 aromatic carbocycles. The molecular weight excluding hydrogens is 780 g/mol. The molecule has 51 heavy (non-hydrogen) atoms. The topological polar surface area (TPSA) is 165 Å². The van der Waals surface area contributed by atoms with Gasteiger partial charge in [0.15, 0.2) is 0 Å². The molecule has 2 atom stereocenters. The number of aryl methyl sites for hydroxylation is 2. The number of nitrogens with two attached hydrogens (primary N) is 1. The first kappa shape index (κ1) is 36.2. The lowest BCUT2D eigenvalue weighted by atomic mass is 9.91. The van der Waals surface area contributed by atoms with Gasteiger partial charge in [0.1, 0.15) is 5.75 Å². The Morgan fingerprint density at radius 2 is 1.27 bits per heavy atom. The molecule has 0 fully saturated rings. The highest BCUT2D eigenvalue weighted by Gasteiger charge is 2.24. The Morgan fingerprint density at radius 3 is 1.82 bits per heavy atom. The third-order valence-corrected chi connectivity index (χ3v) is 10.4. The summed E-state index contributed by atoms with van der Waals surface area (Å²) < 4.78 is 7.06. The van der Waals surface area contributed by atoms with Gasteiger partial charge in [-0.1, -0.05) is 44.0 Å². The van der Waals surface area contributed by atoms with Crippen LogP contribution in [0, 0.1) is 20.2 Å². The third-order valence-electron chi connectivity index (χ3n) is 9.37. The predicted molar refractivity (Wildman–Crippen MR) is 207 cm³/mol. The van der Waals surface area contributed by atoms with Crippen molar-refractivity contribution >= 4 is 65.0 Å². The maximum Gasteiger partial charge on any atom is 0.269 e. The van der Waals surface area contributed by atoms with Gasteiger partial charge in [0.2, 0.25) is 0 Å². The van der Waals surface area contributed by atoms with Crippen LogP contribution in [-0.4, -0.2) is 26.9 Å². The molecule has 2 heterocycles. The normalized spacial score (nSPS) is 16.2. The number of nitrogens with zero attached hydrogens (tertiary/aromatic N) is 2. The number of nitrogens with one attached hydrogen (secondary N) is 3. The zero-order chi connectivity index (χ0) is 36.1. The monoisotopic (exact) mass is 816 g/mol. The van der Waals surface area contributed by atoms with E-state index in [1.54, 1.807) is 24.3 Å². The molecule has 8 rings (SSSR count). The van der Waals surface area contributed by atoms with E-state index in [-0.39, 0.29) is 28.4 Å². The highest BCUT2D eigenvalue weighted by molar-refractivity contribution is 9.10. The summed E-state index contributed by atoms with van der Waals surface area (Å²) in [4.78, 5) is 27.1. The fourth-order valence-electron chi connectivity index (χ4n) is 6.79. The molecule has 13 heteroatoms. The van der Waals surface area contributed by atoms with E-state index in [1.807, 2.05) is 12.1 Å². The number of non-ortho nitro benzene ring substituents is 2. The quantitative estimate of drug-likeness (QED) is 0.0960. The number of rotatable bonds is 6. The van der Waals surface area contributed by atoms with E-state index < -0.39 is 4.92 Å². The van der Waals surface area contributed by atoms with E-state index in [2.05, 4.69) is 83.5 Å². The molecule has 0 bridgehead atoms. The number of H-pyrrole nitrogens is 2. The number of nitro benzene ring substituents is 2. The van der Waals surface area contributed by atoms with Crippen molar-refractivity contribution in [1.82, 2.24) is 15.3 Å². The van der Waals surface area contributed by atoms with Crippen LogP contribution >= 0.6 is 31.9 Å². The van der Waals surface area contributed by atoms with Gasteiger partial charge in [-0.2, -0.15) is 0 Å². The third kappa shape index (κ3) is 8.50. The van der Waals surface area contributed by atoms with E-state index in [0.29, 0.717) is 12.3 Å².